The zero-order valence-electron chi connectivity index (χ0n) is 17.6. The number of nitrogens with zero attached hydrogens (tertiary/aromatic N) is 2. The van der Waals surface area contributed by atoms with E-state index >= 15 is 0 Å². The largest absolute Gasteiger partial charge is 0.342 e. The van der Waals surface area contributed by atoms with Crippen molar-refractivity contribution in [3.63, 3.8) is 0 Å². The standard InChI is InChI=1S/C25H23ClFN3OS/c1-32-15-14-22(29-25(31)17-8-3-2-4-9-17)24-28-21-12-5-6-13-23(21)30(24)16-18-19(26)10-7-11-20(18)27/h2-13,22H,14-16H2,1H3,(H,29,31). The molecule has 1 N–H and O–H groups in total. The highest BCUT2D eigenvalue weighted by Gasteiger charge is 2.23. The normalized spacial score (nSPS) is 12.1. The summed E-state index contributed by atoms with van der Waals surface area (Å²) in [4.78, 5) is 17.8. The lowest BCUT2D eigenvalue weighted by Crippen LogP contribution is -2.31. The highest BCUT2D eigenvalue weighted by Crippen LogP contribution is 2.28. The summed E-state index contributed by atoms with van der Waals surface area (Å²) in [5.41, 5.74) is 2.64. The molecule has 0 aliphatic heterocycles. The molecule has 3 aromatic carbocycles. The van der Waals surface area contributed by atoms with Crippen LogP contribution in [0.5, 0.6) is 0 Å². The number of hydrogen-bond donors (Lipinski definition) is 1. The lowest BCUT2D eigenvalue weighted by molar-refractivity contribution is 0.0933. The highest BCUT2D eigenvalue weighted by molar-refractivity contribution is 7.98. The molecule has 4 rings (SSSR count). The Bertz CT molecular complexity index is 1210. The maximum Gasteiger partial charge on any atom is 0.251 e. The van der Waals surface area contributed by atoms with Crippen molar-refractivity contribution in [2.24, 2.45) is 0 Å². The van der Waals surface area contributed by atoms with Gasteiger partial charge in [0.15, 0.2) is 0 Å². The number of amides is 1. The van der Waals surface area contributed by atoms with Crippen molar-refractivity contribution in [1.82, 2.24) is 14.9 Å². The van der Waals surface area contributed by atoms with E-state index < -0.39 is 0 Å². The molecule has 0 saturated carbocycles. The SMILES string of the molecule is CSCCC(NC(=O)c1ccccc1)c1nc2ccccc2n1Cc1c(F)cccc1Cl. The summed E-state index contributed by atoms with van der Waals surface area (Å²) in [5.74, 6) is 0.988. The van der Waals surface area contributed by atoms with Gasteiger partial charge in [-0.15, -0.1) is 0 Å². The molecule has 1 unspecified atom stereocenters. The van der Waals surface area contributed by atoms with E-state index in [-0.39, 0.29) is 24.3 Å². The van der Waals surface area contributed by atoms with E-state index in [1.54, 1.807) is 36.0 Å². The Morgan fingerprint density at radius 2 is 1.84 bits per heavy atom. The molecule has 0 fully saturated rings. The molecule has 0 spiro atoms. The first-order valence-electron chi connectivity index (χ1n) is 10.3. The molecule has 0 radical (unpaired) electrons. The summed E-state index contributed by atoms with van der Waals surface area (Å²) >= 11 is 8.03. The summed E-state index contributed by atoms with van der Waals surface area (Å²) in [6.07, 6.45) is 2.71. The number of carbonyl (C=O) groups is 1. The van der Waals surface area contributed by atoms with Crippen LogP contribution in [0.3, 0.4) is 0 Å². The molecule has 0 aliphatic carbocycles. The number of imidazole rings is 1. The second-order valence-electron chi connectivity index (χ2n) is 7.42. The number of nitrogens with one attached hydrogen (secondary N) is 1. The zero-order chi connectivity index (χ0) is 22.5. The van der Waals surface area contributed by atoms with Gasteiger partial charge in [-0.2, -0.15) is 11.8 Å². The van der Waals surface area contributed by atoms with Crippen molar-refractivity contribution in [2.45, 2.75) is 19.0 Å². The highest BCUT2D eigenvalue weighted by atomic mass is 35.5. The Morgan fingerprint density at radius 1 is 1.09 bits per heavy atom. The first-order chi connectivity index (χ1) is 15.6. The van der Waals surface area contributed by atoms with Crippen molar-refractivity contribution < 1.29 is 9.18 Å². The number of thioether (sulfide) groups is 1. The second kappa shape index (κ2) is 10.2. The molecule has 32 heavy (non-hydrogen) atoms. The average molecular weight is 468 g/mol. The Labute approximate surface area is 195 Å². The van der Waals surface area contributed by atoms with E-state index in [0.29, 0.717) is 28.4 Å². The van der Waals surface area contributed by atoms with E-state index in [1.165, 1.54) is 6.07 Å². The van der Waals surface area contributed by atoms with Gasteiger partial charge in [-0.25, -0.2) is 9.37 Å². The Morgan fingerprint density at radius 3 is 2.59 bits per heavy atom. The van der Waals surface area contributed by atoms with Gasteiger partial charge in [0.05, 0.1) is 23.6 Å². The van der Waals surface area contributed by atoms with Gasteiger partial charge in [0.2, 0.25) is 0 Å². The minimum Gasteiger partial charge on any atom is -0.342 e. The number of fused-ring (bicyclic) bond motifs is 1. The Hall–Kier alpha value is -2.83. The molecule has 164 valence electrons. The van der Waals surface area contributed by atoms with Gasteiger partial charge >= 0.3 is 0 Å². The number of carbonyl (C=O) groups excluding carboxylic acids is 1. The Kier molecular flexibility index (Phi) is 7.12. The van der Waals surface area contributed by atoms with Crippen LogP contribution in [0, 0.1) is 5.82 Å². The van der Waals surface area contributed by atoms with Crippen molar-refractivity contribution in [3.8, 4) is 0 Å². The van der Waals surface area contributed by atoms with E-state index in [4.69, 9.17) is 16.6 Å². The zero-order valence-corrected chi connectivity index (χ0v) is 19.2. The Balaban J connectivity index is 1.77. The van der Waals surface area contributed by atoms with Gasteiger partial charge in [0.1, 0.15) is 11.6 Å². The summed E-state index contributed by atoms with van der Waals surface area (Å²) < 4.78 is 16.6. The molecule has 1 aromatic heterocycles. The molecule has 4 aromatic rings. The third-order valence-corrected chi connectivity index (χ3v) is 6.32. The van der Waals surface area contributed by atoms with E-state index in [2.05, 4.69) is 5.32 Å². The van der Waals surface area contributed by atoms with Crippen LogP contribution in [0.15, 0.2) is 72.8 Å². The lowest BCUT2D eigenvalue weighted by Gasteiger charge is -2.20. The van der Waals surface area contributed by atoms with Crippen LogP contribution in [0.2, 0.25) is 5.02 Å². The first kappa shape index (κ1) is 22.4. The van der Waals surface area contributed by atoms with Gasteiger partial charge < -0.3 is 9.88 Å². The predicted octanol–water partition coefficient (Wildman–Crippen LogP) is 6.10. The molecular weight excluding hydrogens is 445 g/mol. The van der Waals surface area contributed by atoms with E-state index in [0.717, 1.165) is 16.8 Å². The third-order valence-electron chi connectivity index (χ3n) is 5.33. The second-order valence-corrected chi connectivity index (χ2v) is 8.81. The van der Waals surface area contributed by atoms with Gasteiger partial charge in [0.25, 0.3) is 5.91 Å². The molecule has 7 heteroatoms. The number of rotatable bonds is 8. The van der Waals surface area contributed by atoms with Crippen molar-refractivity contribution in [3.05, 3.63) is 101 Å². The fraction of sp³-hybridized carbons (Fsp3) is 0.200. The fourth-order valence-electron chi connectivity index (χ4n) is 3.70. The van der Waals surface area contributed by atoms with Gasteiger partial charge in [0, 0.05) is 16.1 Å². The molecule has 0 aliphatic rings. The summed E-state index contributed by atoms with van der Waals surface area (Å²) in [5, 5.41) is 3.50. The summed E-state index contributed by atoms with van der Waals surface area (Å²) in [6, 6.07) is 21.2. The molecule has 0 bridgehead atoms. The molecule has 1 atom stereocenters. The van der Waals surface area contributed by atoms with Crippen molar-refractivity contribution in [1.29, 1.82) is 0 Å². The van der Waals surface area contributed by atoms with E-state index in [9.17, 15) is 9.18 Å². The van der Waals surface area contributed by atoms with Crippen molar-refractivity contribution >= 4 is 40.3 Å². The number of halogens is 2. The third kappa shape index (κ3) is 4.81. The van der Waals surface area contributed by atoms with Crippen LogP contribution in [-0.2, 0) is 6.54 Å². The smallest absolute Gasteiger partial charge is 0.251 e. The predicted molar refractivity (Wildman–Crippen MR) is 130 cm³/mol. The first-order valence-corrected chi connectivity index (χ1v) is 12.1. The molecule has 1 amide bonds. The monoisotopic (exact) mass is 467 g/mol. The number of benzene rings is 3. The quantitative estimate of drug-likeness (QED) is 0.340. The van der Waals surface area contributed by atoms with Crippen LogP contribution in [-0.4, -0.2) is 27.5 Å². The average Bonchev–Trinajstić information content (AvgIpc) is 3.18. The van der Waals surface area contributed by atoms with Crippen LogP contribution in [0.25, 0.3) is 11.0 Å². The van der Waals surface area contributed by atoms with E-state index in [1.807, 2.05) is 53.3 Å². The maximum absolute atomic E-state index is 14.6. The fourth-order valence-corrected chi connectivity index (χ4v) is 4.39. The topological polar surface area (TPSA) is 46.9 Å². The van der Waals surface area contributed by atoms with Gasteiger partial charge in [-0.05, 0) is 54.8 Å². The van der Waals surface area contributed by atoms with Crippen molar-refractivity contribution in [2.75, 3.05) is 12.0 Å². The maximum atomic E-state index is 14.6. The number of hydrogen-bond acceptors (Lipinski definition) is 3. The number of para-hydroxylation sites is 2. The molecule has 1 heterocycles. The van der Waals surface area contributed by atoms with Gasteiger partial charge in [-0.1, -0.05) is 48.0 Å². The van der Waals surface area contributed by atoms with Gasteiger partial charge in [-0.3, -0.25) is 4.79 Å². The van der Waals surface area contributed by atoms with Crippen LogP contribution < -0.4 is 5.32 Å². The number of aromatic nitrogens is 2. The van der Waals surface area contributed by atoms with Crippen LogP contribution >= 0.6 is 23.4 Å². The molecule has 0 saturated heterocycles. The summed E-state index contributed by atoms with van der Waals surface area (Å²) in [6.45, 7) is 0.221. The molecular formula is C25H23ClFN3OS. The minimum atomic E-state index is -0.366. The van der Waals surface area contributed by atoms with Crippen LogP contribution in [0.4, 0.5) is 4.39 Å². The summed E-state index contributed by atoms with van der Waals surface area (Å²) in [7, 11) is 0. The lowest BCUT2D eigenvalue weighted by atomic mass is 10.1. The minimum absolute atomic E-state index is 0.167. The molecule has 4 nitrogen and oxygen atoms in total. The van der Waals surface area contributed by atoms with Crippen LogP contribution in [0.1, 0.15) is 34.2 Å².